The van der Waals surface area contributed by atoms with Crippen LogP contribution in [0, 0.1) is 6.92 Å². The van der Waals surface area contributed by atoms with Crippen molar-refractivity contribution in [1.82, 2.24) is 4.31 Å². The minimum Gasteiger partial charge on any atom is -0.394 e. The predicted molar refractivity (Wildman–Crippen MR) is 75.2 cm³/mol. The summed E-state index contributed by atoms with van der Waals surface area (Å²) in [6, 6.07) is 4.89. The average Bonchev–Trinajstić information content (AvgIpc) is 2.37. The van der Waals surface area contributed by atoms with E-state index < -0.39 is 15.6 Å². The SMILES string of the molecule is Cc1cc(S(=O)(=O)N(C)C(C)(C)CO)ccc1CN. The monoisotopic (exact) mass is 286 g/mol. The third kappa shape index (κ3) is 3.14. The Morgan fingerprint density at radius 1 is 1.37 bits per heavy atom. The van der Waals surface area contributed by atoms with Gasteiger partial charge in [-0.3, -0.25) is 0 Å². The molecular weight excluding hydrogens is 264 g/mol. The van der Waals surface area contributed by atoms with Crippen molar-refractivity contribution >= 4 is 10.0 Å². The molecule has 0 aliphatic carbocycles. The number of rotatable bonds is 5. The first kappa shape index (κ1) is 16.1. The van der Waals surface area contributed by atoms with Gasteiger partial charge in [0.15, 0.2) is 0 Å². The Balaban J connectivity index is 3.25. The van der Waals surface area contributed by atoms with Gasteiger partial charge in [-0.25, -0.2) is 8.42 Å². The number of aliphatic hydroxyl groups excluding tert-OH is 1. The molecular formula is C13H22N2O3S. The number of likely N-dealkylation sites (N-methyl/N-ethyl adjacent to an activating group) is 1. The highest BCUT2D eigenvalue weighted by atomic mass is 32.2. The lowest BCUT2D eigenvalue weighted by atomic mass is 10.1. The van der Waals surface area contributed by atoms with E-state index in [9.17, 15) is 13.5 Å². The lowest BCUT2D eigenvalue weighted by Crippen LogP contribution is -2.47. The number of nitrogens with two attached hydrogens (primary N) is 1. The second-order valence-electron chi connectivity index (χ2n) is 5.24. The van der Waals surface area contributed by atoms with Gasteiger partial charge in [0.2, 0.25) is 10.0 Å². The van der Waals surface area contributed by atoms with E-state index in [-0.39, 0.29) is 11.5 Å². The van der Waals surface area contributed by atoms with Gasteiger partial charge in [-0.15, -0.1) is 0 Å². The number of benzene rings is 1. The fourth-order valence-corrected chi connectivity index (χ4v) is 3.23. The zero-order chi connectivity index (χ0) is 14.8. The van der Waals surface area contributed by atoms with E-state index in [4.69, 9.17) is 5.73 Å². The zero-order valence-electron chi connectivity index (χ0n) is 11.8. The van der Waals surface area contributed by atoms with Crippen LogP contribution < -0.4 is 5.73 Å². The lowest BCUT2D eigenvalue weighted by Gasteiger charge is -2.32. The van der Waals surface area contributed by atoms with Crippen molar-refractivity contribution in [3.05, 3.63) is 29.3 Å². The van der Waals surface area contributed by atoms with Crippen LogP contribution in [0.2, 0.25) is 0 Å². The fraction of sp³-hybridized carbons (Fsp3) is 0.538. The van der Waals surface area contributed by atoms with Gasteiger partial charge in [-0.2, -0.15) is 4.31 Å². The highest BCUT2D eigenvalue weighted by Gasteiger charge is 2.33. The van der Waals surface area contributed by atoms with Crippen LogP contribution in [0.1, 0.15) is 25.0 Å². The highest BCUT2D eigenvalue weighted by Crippen LogP contribution is 2.24. The molecule has 0 aliphatic heterocycles. The summed E-state index contributed by atoms with van der Waals surface area (Å²) >= 11 is 0. The van der Waals surface area contributed by atoms with E-state index in [1.165, 1.54) is 11.4 Å². The first-order valence-corrected chi connectivity index (χ1v) is 7.50. The summed E-state index contributed by atoms with van der Waals surface area (Å²) < 4.78 is 26.1. The molecule has 108 valence electrons. The molecule has 0 unspecified atom stereocenters. The molecule has 0 amide bonds. The summed E-state index contributed by atoms with van der Waals surface area (Å²) in [7, 11) is -2.15. The second-order valence-corrected chi connectivity index (χ2v) is 7.20. The Hall–Kier alpha value is -0.950. The Kier molecular flexibility index (Phi) is 4.73. The van der Waals surface area contributed by atoms with E-state index in [1.54, 1.807) is 32.0 Å². The quantitative estimate of drug-likeness (QED) is 0.840. The molecule has 0 radical (unpaired) electrons. The molecule has 19 heavy (non-hydrogen) atoms. The van der Waals surface area contributed by atoms with Crippen LogP contribution in [0.3, 0.4) is 0 Å². The molecule has 1 aromatic rings. The third-order valence-electron chi connectivity index (χ3n) is 3.43. The number of sulfonamides is 1. The highest BCUT2D eigenvalue weighted by molar-refractivity contribution is 7.89. The zero-order valence-corrected chi connectivity index (χ0v) is 12.7. The van der Waals surface area contributed by atoms with E-state index in [0.717, 1.165) is 11.1 Å². The fourth-order valence-electron chi connectivity index (χ4n) is 1.64. The predicted octanol–water partition coefficient (Wildman–Crippen LogP) is 0.845. The molecule has 0 saturated heterocycles. The second kappa shape index (κ2) is 5.58. The first-order valence-electron chi connectivity index (χ1n) is 6.06. The smallest absolute Gasteiger partial charge is 0.243 e. The van der Waals surface area contributed by atoms with Crippen LogP contribution >= 0.6 is 0 Å². The van der Waals surface area contributed by atoms with Gasteiger partial charge in [0.25, 0.3) is 0 Å². The topological polar surface area (TPSA) is 83.6 Å². The molecule has 0 spiro atoms. The standard InChI is InChI=1S/C13H22N2O3S/c1-10-7-12(6-5-11(10)8-14)19(17,18)15(4)13(2,3)9-16/h5-7,16H,8-9,14H2,1-4H3. The van der Waals surface area contributed by atoms with Gasteiger partial charge in [0.05, 0.1) is 17.0 Å². The van der Waals surface area contributed by atoms with Crippen molar-refractivity contribution in [2.75, 3.05) is 13.7 Å². The minimum absolute atomic E-state index is 0.214. The summed E-state index contributed by atoms with van der Waals surface area (Å²) in [5.41, 5.74) is 6.49. The van der Waals surface area contributed by atoms with E-state index in [0.29, 0.717) is 6.54 Å². The maximum atomic E-state index is 12.5. The first-order chi connectivity index (χ1) is 8.66. The van der Waals surface area contributed by atoms with E-state index >= 15 is 0 Å². The van der Waals surface area contributed by atoms with Gasteiger partial charge in [-0.1, -0.05) is 6.07 Å². The normalized spacial score (nSPS) is 13.0. The molecule has 0 fully saturated rings. The van der Waals surface area contributed by atoms with Gasteiger partial charge < -0.3 is 10.8 Å². The van der Waals surface area contributed by atoms with Crippen molar-refractivity contribution in [2.24, 2.45) is 5.73 Å². The molecule has 1 rings (SSSR count). The van der Waals surface area contributed by atoms with E-state index in [2.05, 4.69) is 0 Å². The summed E-state index contributed by atoms with van der Waals surface area (Å²) in [6.07, 6.45) is 0. The molecule has 0 aromatic heterocycles. The Bertz CT molecular complexity index is 553. The molecule has 3 N–H and O–H groups in total. The average molecular weight is 286 g/mol. The molecule has 0 atom stereocenters. The molecule has 6 heteroatoms. The van der Waals surface area contributed by atoms with Crippen molar-refractivity contribution in [3.63, 3.8) is 0 Å². The van der Waals surface area contributed by atoms with Crippen LogP contribution in [0.4, 0.5) is 0 Å². The van der Waals surface area contributed by atoms with E-state index in [1.807, 2.05) is 6.92 Å². The number of aliphatic hydroxyl groups is 1. The number of hydrogen-bond donors (Lipinski definition) is 2. The molecule has 5 nitrogen and oxygen atoms in total. The van der Waals surface area contributed by atoms with Gasteiger partial charge in [0, 0.05) is 13.6 Å². The number of aryl methyl sites for hydroxylation is 1. The molecule has 0 aliphatic rings. The molecule has 0 saturated carbocycles. The summed E-state index contributed by atoms with van der Waals surface area (Å²) in [6.45, 7) is 5.31. The van der Waals surface area contributed by atoms with Crippen LogP contribution in [-0.4, -0.2) is 37.0 Å². The molecule has 0 bridgehead atoms. The van der Waals surface area contributed by atoms with Gasteiger partial charge >= 0.3 is 0 Å². The van der Waals surface area contributed by atoms with Crippen LogP contribution in [0.25, 0.3) is 0 Å². The summed E-state index contributed by atoms with van der Waals surface area (Å²) in [4.78, 5) is 0.214. The van der Waals surface area contributed by atoms with Gasteiger partial charge in [-0.05, 0) is 44.0 Å². The van der Waals surface area contributed by atoms with Crippen molar-refractivity contribution in [3.8, 4) is 0 Å². The largest absolute Gasteiger partial charge is 0.394 e. The third-order valence-corrected chi connectivity index (χ3v) is 5.50. The Morgan fingerprint density at radius 2 is 1.95 bits per heavy atom. The Labute approximate surface area is 115 Å². The van der Waals surface area contributed by atoms with Crippen molar-refractivity contribution in [2.45, 2.75) is 37.8 Å². The van der Waals surface area contributed by atoms with Gasteiger partial charge in [0.1, 0.15) is 0 Å². The number of nitrogens with zero attached hydrogens (tertiary/aromatic N) is 1. The minimum atomic E-state index is -3.62. The lowest BCUT2D eigenvalue weighted by molar-refractivity contribution is 0.138. The van der Waals surface area contributed by atoms with Crippen LogP contribution in [-0.2, 0) is 16.6 Å². The number of hydrogen-bond acceptors (Lipinski definition) is 4. The van der Waals surface area contributed by atoms with Crippen LogP contribution in [0.15, 0.2) is 23.1 Å². The maximum Gasteiger partial charge on any atom is 0.243 e. The van der Waals surface area contributed by atoms with Crippen molar-refractivity contribution < 1.29 is 13.5 Å². The maximum absolute atomic E-state index is 12.5. The Morgan fingerprint density at radius 3 is 2.37 bits per heavy atom. The summed E-state index contributed by atoms with van der Waals surface area (Å²) in [5, 5.41) is 9.29. The summed E-state index contributed by atoms with van der Waals surface area (Å²) in [5.74, 6) is 0. The molecule has 1 aromatic carbocycles. The van der Waals surface area contributed by atoms with Crippen LogP contribution in [0.5, 0.6) is 0 Å². The van der Waals surface area contributed by atoms with Crippen molar-refractivity contribution in [1.29, 1.82) is 0 Å². The molecule has 0 heterocycles.